The minimum absolute atomic E-state index is 0.0304. The van der Waals surface area contributed by atoms with Gasteiger partial charge in [0.1, 0.15) is 0 Å². The van der Waals surface area contributed by atoms with E-state index in [9.17, 15) is 0 Å². The Morgan fingerprint density at radius 2 is 1.90 bits per heavy atom. The van der Waals surface area contributed by atoms with Crippen molar-refractivity contribution in [3.63, 3.8) is 0 Å². The number of nitrogens with two attached hydrogens (primary N) is 1. The summed E-state index contributed by atoms with van der Waals surface area (Å²) in [4.78, 5) is 0. The molecule has 0 radical (unpaired) electrons. The number of hydrogen-bond donors (Lipinski definition) is 1. The second-order valence-corrected chi connectivity index (χ2v) is 7.75. The molecule has 2 aliphatic carbocycles. The van der Waals surface area contributed by atoms with Gasteiger partial charge in [-0.15, -0.1) is 0 Å². The van der Waals surface area contributed by atoms with Crippen molar-refractivity contribution >= 4 is 0 Å². The normalized spacial score (nSPS) is 44.2. The summed E-state index contributed by atoms with van der Waals surface area (Å²) in [6, 6.07) is 0.236. The van der Waals surface area contributed by atoms with Gasteiger partial charge >= 0.3 is 0 Å². The van der Waals surface area contributed by atoms with Gasteiger partial charge in [0.15, 0.2) is 0 Å². The van der Waals surface area contributed by atoms with Crippen molar-refractivity contribution in [3.05, 3.63) is 0 Å². The van der Waals surface area contributed by atoms with Gasteiger partial charge in [0.2, 0.25) is 0 Å². The minimum Gasteiger partial charge on any atom is -0.374 e. The molecule has 2 fully saturated rings. The van der Waals surface area contributed by atoms with E-state index in [1.165, 1.54) is 44.9 Å². The molecular weight excluding hydrogens is 246 g/mol. The van der Waals surface area contributed by atoms with Crippen LogP contribution in [-0.2, 0) is 4.74 Å². The van der Waals surface area contributed by atoms with Crippen LogP contribution in [0.1, 0.15) is 72.6 Å². The van der Waals surface area contributed by atoms with Gasteiger partial charge in [0.05, 0.1) is 5.60 Å². The maximum Gasteiger partial charge on any atom is 0.0837 e. The second kappa shape index (κ2) is 6.79. The summed E-state index contributed by atoms with van der Waals surface area (Å²) in [5, 5.41) is 0. The van der Waals surface area contributed by atoms with Crippen molar-refractivity contribution in [3.8, 4) is 0 Å². The molecule has 2 aliphatic rings. The molecule has 0 aromatic carbocycles. The summed E-state index contributed by atoms with van der Waals surface area (Å²) in [7, 11) is 0. The Kier molecular flexibility index (Phi) is 5.53. The summed E-state index contributed by atoms with van der Waals surface area (Å²) in [6.45, 7) is 10.1. The molecule has 6 unspecified atom stereocenters. The van der Waals surface area contributed by atoms with Gasteiger partial charge in [-0.3, -0.25) is 0 Å². The van der Waals surface area contributed by atoms with Gasteiger partial charge in [-0.05, 0) is 56.3 Å². The molecule has 0 aromatic rings. The van der Waals surface area contributed by atoms with Gasteiger partial charge in [-0.2, -0.15) is 0 Å². The van der Waals surface area contributed by atoms with Crippen molar-refractivity contribution in [2.75, 3.05) is 6.61 Å². The average Bonchev–Trinajstić information content (AvgIpc) is 2.41. The molecular formula is C18H35NO. The zero-order valence-corrected chi connectivity index (χ0v) is 14.0. The second-order valence-electron chi connectivity index (χ2n) is 7.75. The fraction of sp³-hybridized carbons (Fsp3) is 1.00. The van der Waals surface area contributed by atoms with Crippen molar-refractivity contribution < 1.29 is 4.74 Å². The Morgan fingerprint density at radius 1 is 1.15 bits per heavy atom. The molecule has 2 nitrogen and oxygen atoms in total. The topological polar surface area (TPSA) is 35.2 Å². The van der Waals surface area contributed by atoms with Gasteiger partial charge in [0.25, 0.3) is 0 Å². The van der Waals surface area contributed by atoms with Crippen molar-refractivity contribution in [2.24, 2.45) is 29.4 Å². The van der Waals surface area contributed by atoms with Gasteiger partial charge in [-0.25, -0.2) is 0 Å². The SMILES string of the molecule is CCOC1(C(N)C2CCC(C)C(C)C2)CCCC(C)C1. The van der Waals surface area contributed by atoms with E-state index in [-0.39, 0.29) is 11.6 Å². The molecule has 6 atom stereocenters. The van der Waals surface area contributed by atoms with Crippen molar-refractivity contribution in [2.45, 2.75) is 84.3 Å². The van der Waals surface area contributed by atoms with Crippen LogP contribution >= 0.6 is 0 Å². The lowest BCUT2D eigenvalue weighted by molar-refractivity contribution is -0.109. The lowest BCUT2D eigenvalue weighted by Gasteiger charge is -2.48. The predicted octanol–water partition coefficient (Wildman–Crippen LogP) is 4.37. The largest absolute Gasteiger partial charge is 0.374 e. The first-order valence-electron chi connectivity index (χ1n) is 8.88. The van der Waals surface area contributed by atoms with Crippen LogP contribution < -0.4 is 5.73 Å². The van der Waals surface area contributed by atoms with Crippen LogP contribution in [0, 0.1) is 23.7 Å². The number of ether oxygens (including phenoxy) is 1. The molecule has 2 N–H and O–H groups in total. The first kappa shape index (κ1) is 16.3. The highest BCUT2D eigenvalue weighted by molar-refractivity contribution is 4.99. The van der Waals surface area contributed by atoms with E-state index >= 15 is 0 Å². The van der Waals surface area contributed by atoms with E-state index in [0.717, 1.165) is 24.4 Å². The quantitative estimate of drug-likeness (QED) is 0.830. The van der Waals surface area contributed by atoms with Crippen LogP contribution in [0.4, 0.5) is 0 Å². The van der Waals surface area contributed by atoms with Crippen LogP contribution in [0.3, 0.4) is 0 Å². The Balaban J connectivity index is 2.08. The third-order valence-electron chi connectivity index (χ3n) is 6.18. The average molecular weight is 281 g/mol. The summed E-state index contributed by atoms with van der Waals surface area (Å²) in [5.41, 5.74) is 6.76. The highest BCUT2D eigenvalue weighted by atomic mass is 16.5. The lowest BCUT2D eigenvalue weighted by atomic mass is 9.65. The molecule has 0 aliphatic heterocycles. The van der Waals surface area contributed by atoms with E-state index in [1.54, 1.807) is 0 Å². The Hall–Kier alpha value is -0.0800. The molecule has 20 heavy (non-hydrogen) atoms. The Morgan fingerprint density at radius 3 is 2.50 bits per heavy atom. The molecule has 2 saturated carbocycles. The van der Waals surface area contributed by atoms with Crippen LogP contribution in [0.15, 0.2) is 0 Å². The Labute approximate surface area is 125 Å². The molecule has 0 amide bonds. The number of rotatable bonds is 4. The van der Waals surface area contributed by atoms with E-state index in [1.807, 2.05) is 0 Å². The van der Waals surface area contributed by atoms with Gasteiger partial charge in [-0.1, -0.05) is 40.0 Å². The molecule has 0 aromatic heterocycles. The molecule has 0 heterocycles. The maximum atomic E-state index is 6.79. The zero-order chi connectivity index (χ0) is 14.8. The first-order valence-corrected chi connectivity index (χ1v) is 8.88. The summed E-state index contributed by atoms with van der Waals surface area (Å²) in [6.07, 6.45) is 8.92. The smallest absolute Gasteiger partial charge is 0.0837 e. The lowest BCUT2D eigenvalue weighted by Crippen LogP contribution is -2.57. The van der Waals surface area contributed by atoms with Gasteiger partial charge < -0.3 is 10.5 Å². The van der Waals surface area contributed by atoms with E-state index < -0.39 is 0 Å². The fourth-order valence-electron chi connectivity index (χ4n) is 4.71. The highest BCUT2D eigenvalue weighted by Crippen LogP contribution is 2.43. The summed E-state index contributed by atoms with van der Waals surface area (Å²) < 4.78 is 6.29. The van der Waals surface area contributed by atoms with Crippen molar-refractivity contribution in [1.29, 1.82) is 0 Å². The molecule has 118 valence electrons. The van der Waals surface area contributed by atoms with Crippen LogP contribution in [0.5, 0.6) is 0 Å². The Bertz CT molecular complexity index is 302. The number of hydrogen-bond acceptors (Lipinski definition) is 2. The highest BCUT2D eigenvalue weighted by Gasteiger charge is 2.45. The van der Waals surface area contributed by atoms with E-state index in [0.29, 0.717) is 5.92 Å². The minimum atomic E-state index is -0.0304. The standard InChI is InChI=1S/C18H35NO/c1-5-20-18(10-6-7-13(2)12-18)17(19)16-9-8-14(3)15(4)11-16/h13-17H,5-12,19H2,1-4H3. The maximum absolute atomic E-state index is 6.79. The summed E-state index contributed by atoms with van der Waals surface area (Å²) >= 11 is 0. The molecule has 0 bridgehead atoms. The van der Waals surface area contributed by atoms with Crippen LogP contribution in [-0.4, -0.2) is 18.2 Å². The summed E-state index contributed by atoms with van der Waals surface area (Å²) in [5.74, 6) is 3.12. The molecule has 2 heteroatoms. The first-order chi connectivity index (χ1) is 9.48. The zero-order valence-electron chi connectivity index (χ0n) is 14.0. The third kappa shape index (κ3) is 3.39. The third-order valence-corrected chi connectivity index (χ3v) is 6.18. The van der Waals surface area contributed by atoms with Crippen molar-refractivity contribution in [1.82, 2.24) is 0 Å². The molecule has 0 spiro atoms. The predicted molar refractivity (Wildman–Crippen MR) is 85.6 cm³/mol. The van der Waals surface area contributed by atoms with E-state index in [2.05, 4.69) is 27.7 Å². The fourth-order valence-corrected chi connectivity index (χ4v) is 4.71. The van der Waals surface area contributed by atoms with Crippen LogP contribution in [0.25, 0.3) is 0 Å². The molecule has 0 saturated heterocycles. The monoisotopic (exact) mass is 281 g/mol. The molecule has 2 rings (SSSR count). The van der Waals surface area contributed by atoms with E-state index in [4.69, 9.17) is 10.5 Å². The van der Waals surface area contributed by atoms with Gasteiger partial charge in [0, 0.05) is 12.6 Å². The van der Waals surface area contributed by atoms with Crippen LogP contribution in [0.2, 0.25) is 0 Å².